The molecule has 0 bridgehead atoms. The molecule has 0 fully saturated rings. The van der Waals surface area contributed by atoms with Gasteiger partial charge in [0.05, 0.1) is 6.10 Å². The fourth-order valence-electron chi connectivity index (χ4n) is 1.35. The number of halogens is 1. The Morgan fingerprint density at radius 2 is 2.31 bits per heavy atom. The van der Waals surface area contributed by atoms with Gasteiger partial charge in [-0.15, -0.1) is 0 Å². The second kappa shape index (κ2) is 4.89. The lowest BCUT2D eigenvalue weighted by molar-refractivity contribution is 0.0692. The van der Waals surface area contributed by atoms with Crippen LogP contribution in [-0.4, -0.2) is 40.9 Å². The molecule has 88 valence electrons. The van der Waals surface area contributed by atoms with Crippen LogP contribution in [-0.2, 0) is 0 Å². The number of aliphatic hydroxyl groups excluding tert-OH is 1. The minimum absolute atomic E-state index is 0.0826. The molecule has 0 radical (unpaired) electrons. The van der Waals surface area contributed by atoms with E-state index in [0.29, 0.717) is 0 Å². The standard InChI is InChI=1S/C10H13FN2O3/c1-6(14)5-13(2)9-8(11)7(10(15)16)3-4-12-9/h3-4,6,14H,5H2,1-2H3,(H,15,16). The van der Waals surface area contributed by atoms with Crippen LogP contribution in [0.1, 0.15) is 17.3 Å². The number of aromatic carboxylic acids is 1. The number of nitrogens with zero attached hydrogens (tertiary/aromatic N) is 2. The number of pyridine rings is 1. The molecule has 1 atom stereocenters. The Kier molecular flexibility index (Phi) is 3.78. The number of hydrogen-bond acceptors (Lipinski definition) is 4. The molecule has 0 aliphatic rings. The predicted molar refractivity (Wildman–Crippen MR) is 56.1 cm³/mol. The number of carboxylic acid groups (broad SMARTS) is 1. The number of carboxylic acids is 1. The molecule has 0 saturated heterocycles. The van der Waals surface area contributed by atoms with Gasteiger partial charge in [0.1, 0.15) is 5.56 Å². The molecular weight excluding hydrogens is 215 g/mol. The monoisotopic (exact) mass is 228 g/mol. The maximum absolute atomic E-state index is 13.7. The zero-order chi connectivity index (χ0) is 12.3. The molecule has 0 saturated carbocycles. The Balaban J connectivity index is 3.05. The van der Waals surface area contributed by atoms with E-state index in [9.17, 15) is 9.18 Å². The lowest BCUT2D eigenvalue weighted by Gasteiger charge is -2.20. The Labute approximate surface area is 92.2 Å². The zero-order valence-corrected chi connectivity index (χ0v) is 9.01. The third-order valence-corrected chi connectivity index (χ3v) is 2.00. The summed E-state index contributed by atoms with van der Waals surface area (Å²) in [5.74, 6) is -2.31. The average Bonchev–Trinajstić information content (AvgIpc) is 2.16. The summed E-state index contributed by atoms with van der Waals surface area (Å²) in [6, 6.07) is 1.09. The first-order chi connectivity index (χ1) is 7.43. The van der Waals surface area contributed by atoms with Crippen LogP contribution in [0.5, 0.6) is 0 Å². The van der Waals surface area contributed by atoms with Crippen LogP contribution in [0.3, 0.4) is 0 Å². The van der Waals surface area contributed by atoms with E-state index in [1.54, 1.807) is 6.92 Å². The van der Waals surface area contributed by atoms with Crippen molar-refractivity contribution in [2.45, 2.75) is 13.0 Å². The van der Waals surface area contributed by atoms with Crippen molar-refractivity contribution < 1.29 is 19.4 Å². The third-order valence-electron chi connectivity index (χ3n) is 2.00. The second-order valence-electron chi connectivity index (χ2n) is 3.53. The van der Waals surface area contributed by atoms with Gasteiger partial charge < -0.3 is 15.1 Å². The largest absolute Gasteiger partial charge is 0.478 e. The van der Waals surface area contributed by atoms with E-state index in [0.717, 1.165) is 6.07 Å². The van der Waals surface area contributed by atoms with Gasteiger partial charge in [-0.3, -0.25) is 0 Å². The molecule has 2 N–H and O–H groups in total. The van der Waals surface area contributed by atoms with Crippen molar-refractivity contribution in [3.05, 3.63) is 23.6 Å². The predicted octanol–water partition coefficient (Wildman–Crippen LogP) is 0.736. The highest BCUT2D eigenvalue weighted by Gasteiger charge is 2.18. The lowest BCUT2D eigenvalue weighted by Crippen LogP contribution is -2.28. The van der Waals surface area contributed by atoms with E-state index >= 15 is 0 Å². The van der Waals surface area contributed by atoms with Gasteiger partial charge >= 0.3 is 5.97 Å². The lowest BCUT2D eigenvalue weighted by atomic mass is 10.2. The summed E-state index contributed by atoms with van der Waals surface area (Å²) >= 11 is 0. The van der Waals surface area contributed by atoms with Gasteiger partial charge in [-0.25, -0.2) is 14.2 Å². The molecule has 1 aromatic heterocycles. The molecule has 1 aromatic rings. The number of hydrogen-bond donors (Lipinski definition) is 2. The van der Waals surface area contributed by atoms with Crippen molar-refractivity contribution in [1.82, 2.24) is 4.98 Å². The van der Waals surface area contributed by atoms with Gasteiger partial charge in [-0.1, -0.05) is 0 Å². The first-order valence-corrected chi connectivity index (χ1v) is 4.70. The van der Waals surface area contributed by atoms with Gasteiger partial charge in [0.25, 0.3) is 0 Å². The van der Waals surface area contributed by atoms with Crippen molar-refractivity contribution in [2.75, 3.05) is 18.5 Å². The van der Waals surface area contributed by atoms with Crippen molar-refractivity contribution in [3.8, 4) is 0 Å². The van der Waals surface area contributed by atoms with Crippen LogP contribution < -0.4 is 4.90 Å². The summed E-state index contributed by atoms with van der Waals surface area (Å²) in [4.78, 5) is 15.8. The molecule has 5 nitrogen and oxygen atoms in total. The number of carbonyl (C=O) groups is 1. The number of aromatic nitrogens is 1. The van der Waals surface area contributed by atoms with Gasteiger partial charge in [0.15, 0.2) is 11.6 Å². The van der Waals surface area contributed by atoms with Crippen molar-refractivity contribution in [2.24, 2.45) is 0 Å². The molecule has 0 aliphatic heterocycles. The molecule has 6 heteroatoms. The van der Waals surface area contributed by atoms with E-state index < -0.39 is 23.5 Å². The maximum atomic E-state index is 13.7. The highest BCUT2D eigenvalue weighted by molar-refractivity contribution is 5.88. The zero-order valence-electron chi connectivity index (χ0n) is 9.01. The molecule has 0 amide bonds. The minimum Gasteiger partial charge on any atom is -0.478 e. The summed E-state index contributed by atoms with van der Waals surface area (Å²) in [5, 5.41) is 17.9. The van der Waals surface area contributed by atoms with Crippen LogP contribution >= 0.6 is 0 Å². The average molecular weight is 228 g/mol. The van der Waals surface area contributed by atoms with Crippen LogP contribution in [0.4, 0.5) is 10.2 Å². The van der Waals surface area contributed by atoms with Crippen LogP contribution in [0.2, 0.25) is 0 Å². The molecule has 0 aromatic carbocycles. The fourth-order valence-corrected chi connectivity index (χ4v) is 1.35. The number of aliphatic hydroxyl groups is 1. The number of rotatable bonds is 4. The minimum atomic E-state index is -1.34. The second-order valence-corrected chi connectivity index (χ2v) is 3.53. The van der Waals surface area contributed by atoms with E-state index in [4.69, 9.17) is 10.2 Å². The maximum Gasteiger partial charge on any atom is 0.338 e. The molecule has 0 aliphatic carbocycles. The van der Waals surface area contributed by atoms with Gasteiger partial charge in [0.2, 0.25) is 0 Å². The number of likely N-dealkylation sites (N-methyl/N-ethyl adjacent to an activating group) is 1. The highest BCUT2D eigenvalue weighted by Crippen LogP contribution is 2.18. The number of anilines is 1. The summed E-state index contributed by atoms with van der Waals surface area (Å²) in [5.41, 5.74) is -0.428. The van der Waals surface area contributed by atoms with Crippen molar-refractivity contribution in [1.29, 1.82) is 0 Å². The first-order valence-electron chi connectivity index (χ1n) is 4.70. The van der Waals surface area contributed by atoms with Gasteiger partial charge in [-0.2, -0.15) is 0 Å². The molecular formula is C10H13FN2O3. The van der Waals surface area contributed by atoms with Crippen molar-refractivity contribution in [3.63, 3.8) is 0 Å². The van der Waals surface area contributed by atoms with E-state index in [1.165, 1.54) is 18.1 Å². The fraction of sp³-hybridized carbons (Fsp3) is 0.400. The smallest absolute Gasteiger partial charge is 0.338 e. The Hall–Kier alpha value is -1.69. The molecule has 1 rings (SSSR count). The van der Waals surface area contributed by atoms with Crippen LogP contribution in [0.15, 0.2) is 12.3 Å². The van der Waals surface area contributed by atoms with E-state index in [2.05, 4.69) is 4.98 Å². The summed E-state index contributed by atoms with van der Waals surface area (Å²) in [6.45, 7) is 1.72. The van der Waals surface area contributed by atoms with Crippen LogP contribution in [0.25, 0.3) is 0 Å². The molecule has 1 unspecified atom stereocenters. The Morgan fingerprint density at radius 3 is 2.81 bits per heavy atom. The topological polar surface area (TPSA) is 73.7 Å². The third kappa shape index (κ3) is 2.66. The quantitative estimate of drug-likeness (QED) is 0.795. The van der Waals surface area contributed by atoms with Gasteiger partial charge in [0, 0.05) is 19.8 Å². The Morgan fingerprint density at radius 1 is 1.69 bits per heavy atom. The van der Waals surface area contributed by atoms with Crippen LogP contribution in [0, 0.1) is 5.82 Å². The summed E-state index contributed by atoms with van der Waals surface area (Å²) in [6.07, 6.45) is 0.570. The normalized spacial score (nSPS) is 12.2. The van der Waals surface area contributed by atoms with E-state index in [-0.39, 0.29) is 12.4 Å². The summed E-state index contributed by atoms with van der Waals surface area (Å²) in [7, 11) is 1.53. The van der Waals surface area contributed by atoms with Crippen molar-refractivity contribution >= 4 is 11.8 Å². The molecule has 1 heterocycles. The molecule has 0 spiro atoms. The summed E-state index contributed by atoms with van der Waals surface area (Å²) < 4.78 is 13.7. The molecule has 16 heavy (non-hydrogen) atoms. The SMILES string of the molecule is CC(O)CN(C)c1nccc(C(=O)O)c1F. The van der Waals surface area contributed by atoms with E-state index in [1.807, 2.05) is 0 Å². The Bertz CT molecular complexity index is 396. The highest BCUT2D eigenvalue weighted by atomic mass is 19.1. The first kappa shape index (κ1) is 12.4. The van der Waals surface area contributed by atoms with Gasteiger partial charge in [-0.05, 0) is 13.0 Å².